The van der Waals surface area contributed by atoms with Gasteiger partial charge in [0.2, 0.25) is 5.75 Å². The lowest BCUT2D eigenvalue weighted by molar-refractivity contribution is -0.385. The number of nitro benzene ring substituents is 1. The Hall–Kier alpha value is -5.25. The lowest BCUT2D eigenvalue weighted by Crippen LogP contribution is -2.05. The average Bonchev–Trinajstić information content (AvgIpc) is 3.01. The number of hydrogen-bond donors (Lipinski definition) is 0. The molecule has 10 nitrogen and oxygen atoms in total. The third kappa shape index (κ3) is 7.24. The van der Waals surface area contributed by atoms with E-state index in [1.54, 1.807) is 42.5 Å². The van der Waals surface area contributed by atoms with Gasteiger partial charge < -0.3 is 28.4 Å². The van der Waals surface area contributed by atoms with Gasteiger partial charge in [0.1, 0.15) is 31.9 Å². The van der Waals surface area contributed by atoms with Gasteiger partial charge in [0.15, 0.2) is 23.0 Å². The summed E-state index contributed by atoms with van der Waals surface area (Å²) < 4.78 is 34.2. The smallest absolute Gasteiger partial charge is 0.276 e. The molecule has 0 saturated heterocycles. The van der Waals surface area contributed by atoms with Crippen molar-refractivity contribution >= 4 is 12.0 Å². The van der Waals surface area contributed by atoms with Gasteiger partial charge in [-0.1, -0.05) is 30.3 Å². The second kappa shape index (κ2) is 13.7. The molecule has 0 fully saturated rings. The van der Waals surface area contributed by atoms with E-state index >= 15 is 0 Å². The molecular formula is C31H29NO9. The Kier molecular flexibility index (Phi) is 9.61. The highest BCUT2D eigenvalue weighted by Gasteiger charge is 2.20. The summed E-state index contributed by atoms with van der Waals surface area (Å²) in [7, 11) is 4.46. The Labute approximate surface area is 237 Å². The minimum atomic E-state index is -0.470. The number of hydrogen-bond acceptors (Lipinski definition) is 9. The first kappa shape index (κ1) is 28.8. The molecule has 0 radical (unpaired) electrons. The average molecular weight is 560 g/mol. The van der Waals surface area contributed by atoms with Gasteiger partial charge in [-0.25, -0.2) is 0 Å². The van der Waals surface area contributed by atoms with Crippen LogP contribution in [0.25, 0.3) is 0 Å². The molecule has 4 aromatic carbocycles. The molecular weight excluding hydrogens is 530 g/mol. The van der Waals surface area contributed by atoms with Crippen molar-refractivity contribution in [1.82, 2.24) is 0 Å². The van der Waals surface area contributed by atoms with E-state index in [4.69, 9.17) is 28.4 Å². The van der Waals surface area contributed by atoms with E-state index in [1.807, 2.05) is 30.3 Å². The molecule has 4 rings (SSSR count). The topological polar surface area (TPSA) is 116 Å². The Morgan fingerprint density at radius 1 is 0.683 bits per heavy atom. The van der Waals surface area contributed by atoms with Crippen LogP contribution in [0.1, 0.15) is 27.0 Å². The lowest BCUT2D eigenvalue weighted by Gasteiger charge is -2.17. The van der Waals surface area contributed by atoms with Crippen LogP contribution in [-0.2, 0) is 19.8 Å². The van der Waals surface area contributed by atoms with Crippen LogP contribution in [0, 0.1) is 10.1 Å². The van der Waals surface area contributed by atoms with Crippen molar-refractivity contribution in [3.63, 3.8) is 0 Å². The lowest BCUT2D eigenvalue weighted by atomic mass is 10.1. The Morgan fingerprint density at radius 2 is 1.37 bits per heavy atom. The number of rotatable bonds is 14. The molecule has 0 bridgehead atoms. The zero-order chi connectivity index (χ0) is 29.2. The molecule has 0 aliphatic rings. The van der Waals surface area contributed by atoms with Crippen molar-refractivity contribution in [3.8, 4) is 34.5 Å². The fourth-order valence-corrected chi connectivity index (χ4v) is 4.04. The largest absolute Gasteiger partial charge is 0.493 e. The second-order valence-electron chi connectivity index (χ2n) is 8.76. The fourth-order valence-electron chi connectivity index (χ4n) is 4.04. The Balaban J connectivity index is 1.53. The zero-order valence-corrected chi connectivity index (χ0v) is 22.8. The molecule has 0 aliphatic carbocycles. The number of nitrogens with zero attached hydrogens (tertiary/aromatic N) is 1. The normalized spacial score (nSPS) is 10.4. The summed E-state index contributed by atoms with van der Waals surface area (Å²) in [5.74, 6) is 2.30. The summed E-state index contributed by atoms with van der Waals surface area (Å²) in [5.41, 5.74) is 2.32. The first-order chi connectivity index (χ1) is 19.9. The maximum Gasteiger partial charge on any atom is 0.276 e. The van der Waals surface area contributed by atoms with Crippen LogP contribution >= 0.6 is 0 Å². The predicted octanol–water partition coefficient (Wildman–Crippen LogP) is 6.17. The highest BCUT2D eigenvalue weighted by molar-refractivity contribution is 5.76. The molecule has 0 atom stereocenters. The maximum absolute atomic E-state index is 11.7. The van der Waals surface area contributed by atoms with Crippen molar-refractivity contribution in [2.45, 2.75) is 19.8 Å². The molecule has 4 aromatic rings. The summed E-state index contributed by atoms with van der Waals surface area (Å²) in [4.78, 5) is 22.4. The highest BCUT2D eigenvalue weighted by atomic mass is 16.6. The van der Waals surface area contributed by atoms with Gasteiger partial charge in [-0.3, -0.25) is 14.9 Å². The van der Waals surface area contributed by atoms with Crippen molar-refractivity contribution in [1.29, 1.82) is 0 Å². The van der Waals surface area contributed by atoms with E-state index in [0.29, 0.717) is 52.0 Å². The number of carbonyl (C=O) groups is 1. The molecule has 212 valence electrons. The van der Waals surface area contributed by atoms with Gasteiger partial charge in [-0.2, -0.15) is 0 Å². The minimum Gasteiger partial charge on any atom is -0.493 e. The van der Waals surface area contributed by atoms with Crippen molar-refractivity contribution in [2.24, 2.45) is 0 Å². The molecule has 41 heavy (non-hydrogen) atoms. The first-order valence-corrected chi connectivity index (χ1v) is 12.5. The van der Waals surface area contributed by atoms with E-state index in [2.05, 4.69) is 0 Å². The van der Waals surface area contributed by atoms with Crippen molar-refractivity contribution in [2.75, 3.05) is 21.3 Å². The molecule has 0 spiro atoms. The number of carbonyl (C=O) groups excluding carboxylic acids is 1. The molecule has 0 amide bonds. The summed E-state index contributed by atoms with van der Waals surface area (Å²) in [5, 5.41) is 11.7. The van der Waals surface area contributed by atoms with Crippen LogP contribution in [0.3, 0.4) is 0 Å². The van der Waals surface area contributed by atoms with Gasteiger partial charge in [0.25, 0.3) is 5.69 Å². The maximum atomic E-state index is 11.7. The van der Waals surface area contributed by atoms with E-state index in [0.717, 1.165) is 11.8 Å². The molecule has 0 N–H and O–H groups in total. The quantitative estimate of drug-likeness (QED) is 0.102. The van der Waals surface area contributed by atoms with E-state index in [1.165, 1.54) is 27.4 Å². The third-order valence-electron chi connectivity index (χ3n) is 6.11. The number of ether oxygens (including phenoxy) is 6. The Morgan fingerprint density at radius 3 is 2.00 bits per heavy atom. The van der Waals surface area contributed by atoms with Crippen LogP contribution in [0.2, 0.25) is 0 Å². The van der Waals surface area contributed by atoms with E-state index in [9.17, 15) is 14.9 Å². The molecule has 10 heteroatoms. The summed E-state index contributed by atoms with van der Waals surface area (Å²) in [6.45, 7) is 0.282. The molecule has 0 unspecified atom stereocenters. The van der Waals surface area contributed by atoms with Crippen molar-refractivity contribution < 1.29 is 38.1 Å². The molecule has 0 heterocycles. The number of nitro groups is 1. The molecule has 0 aliphatic heterocycles. The van der Waals surface area contributed by atoms with Crippen LogP contribution < -0.4 is 28.4 Å². The summed E-state index contributed by atoms with van der Waals surface area (Å²) in [6, 6.07) is 22.4. The third-order valence-corrected chi connectivity index (χ3v) is 6.11. The van der Waals surface area contributed by atoms with Gasteiger partial charge in [-0.05, 0) is 53.6 Å². The highest BCUT2D eigenvalue weighted by Crippen LogP contribution is 2.40. The van der Waals surface area contributed by atoms with Gasteiger partial charge in [-0.15, -0.1) is 0 Å². The van der Waals surface area contributed by atoms with Crippen LogP contribution in [0.15, 0.2) is 78.9 Å². The minimum absolute atomic E-state index is 0.105. The van der Waals surface area contributed by atoms with Crippen LogP contribution in [0.4, 0.5) is 5.69 Å². The van der Waals surface area contributed by atoms with Crippen LogP contribution in [0.5, 0.6) is 34.5 Å². The van der Waals surface area contributed by atoms with E-state index < -0.39 is 4.92 Å². The fraction of sp³-hybridized carbons (Fsp3) is 0.194. The van der Waals surface area contributed by atoms with Gasteiger partial charge >= 0.3 is 0 Å². The van der Waals surface area contributed by atoms with Crippen LogP contribution in [-0.4, -0.2) is 32.5 Å². The van der Waals surface area contributed by atoms with E-state index in [-0.39, 0.29) is 24.7 Å². The SMILES string of the molecule is COc1ccc(C=O)cc1OCc1cc(OC)c(OCc2cc(OCc3ccccc3)ccc2[N+](=O)[O-])c(OC)c1. The summed E-state index contributed by atoms with van der Waals surface area (Å²) >= 11 is 0. The summed E-state index contributed by atoms with van der Waals surface area (Å²) in [6.07, 6.45) is 0.722. The monoisotopic (exact) mass is 559 g/mol. The number of benzene rings is 4. The molecule has 0 saturated carbocycles. The number of aldehydes is 1. The number of methoxy groups -OCH3 is 3. The van der Waals surface area contributed by atoms with Gasteiger partial charge in [0, 0.05) is 11.6 Å². The molecule has 0 aromatic heterocycles. The Bertz CT molecular complexity index is 1480. The second-order valence-corrected chi connectivity index (χ2v) is 8.76. The standard InChI is InChI=1S/C31H29NO9/c1-36-27-12-9-22(17-33)13-28(27)40-19-23-14-29(37-2)31(30(15-23)38-3)41-20-24-16-25(10-11-26(24)32(34)35)39-18-21-7-5-4-6-8-21/h4-17H,18-20H2,1-3H3. The zero-order valence-electron chi connectivity index (χ0n) is 22.8. The van der Waals surface area contributed by atoms with Crippen molar-refractivity contribution in [3.05, 3.63) is 111 Å². The predicted molar refractivity (Wildman–Crippen MR) is 150 cm³/mol. The van der Waals surface area contributed by atoms with Gasteiger partial charge in [0.05, 0.1) is 31.8 Å². The first-order valence-electron chi connectivity index (χ1n) is 12.5.